The summed E-state index contributed by atoms with van der Waals surface area (Å²) in [5, 5.41) is 14.7. The Bertz CT molecular complexity index is 1160. The topological polar surface area (TPSA) is 75.4 Å². The number of hydrogen-bond donors (Lipinski definition) is 2. The predicted octanol–water partition coefficient (Wildman–Crippen LogP) is 4.12. The largest absolute Gasteiger partial charge is 0.491 e. The maximum Gasteiger partial charge on any atom is 0.229 e. The van der Waals surface area contributed by atoms with Gasteiger partial charge in [-0.1, -0.05) is 29.8 Å². The van der Waals surface area contributed by atoms with Crippen molar-refractivity contribution in [3.63, 3.8) is 0 Å². The molecule has 0 radical (unpaired) electrons. The Morgan fingerprint density at radius 2 is 1.90 bits per heavy atom. The highest BCUT2D eigenvalue weighted by atomic mass is 35.5. The van der Waals surface area contributed by atoms with Gasteiger partial charge in [0.25, 0.3) is 0 Å². The second-order valence-electron chi connectivity index (χ2n) is 7.49. The minimum absolute atomic E-state index is 0.236. The van der Waals surface area contributed by atoms with Gasteiger partial charge in [-0.2, -0.15) is 4.98 Å². The molecule has 0 bridgehead atoms. The third-order valence-electron chi connectivity index (χ3n) is 4.68. The molecule has 160 valence electrons. The first-order chi connectivity index (χ1) is 15.0. The second kappa shape index (κ2) is 9.34. The lowest BCUT2D eigenvalue weighted by molar-refractivity contribution is 0.0831. The summed E-state index contributed by atoms with van der Waals surface area (Å²) in [7, 11) is 3.82. The number of halogens is 1. The Morgan fingerprint density at radius 1 is 1.13 bits per heavy atom. The number of rotatable bonds is 8. The second-order valence-corrected chi connectivity index (χ2v) is 7.89. The van der Waals surface area contributed by atoms with E-state index in [2.05, 4.69) is 15.3 Å². The van der Waals surface area contributed by atoms with E-state index in [4.69, 9.17) is 16.3 Å². The van der Waals surface area contributed by atoms with Gasteiger partial charge in [0.15, 0.2) is 5.82 Å². The number of aromatic nitrogens is 3. The zero-order valence-electron chi connectivity index (χ0n) is 17.4. The molecule has 2 heterocycles. The van der Waals surface area contributed by atoms with E-state index in [1.807, 2.05) is 84.4 Å². The molecule has 7 nitrogen and oxygen atoms in total. The number of anilines is 2. The molecule has 1 atom stereocenters. The van der Waals surface area contributed by atoms with Gasteiger partial charge in [0.2, 0.25) is 5.95 Å². The molecule has 0 aliphatic carbocycles. The third-order valence-corrected chi connectivity index (χ3v) is 4.95. The predicted molar refractivity (Wildman–Crippen MR) is 124 cm³/mol. The molecule has 0 saturated carbocycles. The van der Waals surface area contributed by atoms with Gasteiger partial charge in [-0.25, -0.2) is 4.98 Å². The number of fused-ring (bicyclic) bond motifs is 1. The maximum atomic E-state index is 9.91. The van der Waals surface area contributed by atoms with Gasteiger partial charge in [-0.15, -0.1) is 0 Å². The maximum absolute atomic E-state index is 9.91. The van der Waals surface area contributed by atoms with Crippen molar-refractivity contribution in [2.75, 3.05) is 32.6 Å². The SMILES string of the molecule is CN(C)CC(O)COc1ccc(Nc2ncc(Cl)c(-n3ccc4ccccc43)n2)cc1. The van der Waals surface area contributed by atoms with Gasteiger partial charge in [-0.05, 0) is 55.9 Å². The summed E-state index contributed by atoms with van der Waals surface area (Å²) in [6.45, 7) is 0.784. The van der Waals surface area contributed by atoms with Crippen molar-refractivity contribution in [3.8, 4) is 11.6 Å². The molecule has 2 aromatic heterocycles. The molecule has 8 heteroatoms. The van der Waals surface area contributed by atoms with Crippen molar-refractivity contribution in [1.82, 2.24) is 19.4 Å². The van der Waals surface area contributed by atoms with Gasteiger partial charge >= 0.3 is 0 Å². The summed E-state index contributed by atoms with van der Waals surface area (Å²) >= 11 is 6.39. The molecule has 0 spiro atoms. The van der Waals surface area contributed by atoms with Crippen molar-refractivity contribution >= 4 is 34.1 Å². The first kappa shape index (κ1) is 21.1. The van der Waals surface area contributed by atoms with Crippen molar-refractivity contribution in [2.24, 2.45) is 0 Å². The number of para-hydroxylation sites is 1. The van der Waals surface area contributed by atoms with E-state index >= 15 is 0 Å². The Balaban J connectivity index is 1.47. The number of hydrogen-bond acceptors (Lipinski definition) is 6. The lowest BCUT2D eigenvalue weighted by atomic mass is 10.2. The first-order valence-corrected chi connectivity index (χ1v) is 10.3. The van der Waals surface area contributed by atoms with E-state index in [-0.39, 0.29) is 6.61 Å². The molecular weight excluding hydrogens is 414 g/mol. The zero-order chi connectivity index (χ0) is 21.8. The fourth-order valence-electron chi connectivity index (χ4n) is 3.29. The average Bonchev–Trinajstić information content (AvgIpc) is 3.18. The zero-order valence-corrected chi connectivity index (χ0v) is 18.1. The molecule has 31 heavy (non-hydrogen) atoms. The van der Waals surface area contributed by atoms with Crippen LogP contribution in [0.2, 0.25) is 5.02 Å². The number of nitrogens with zero attached hydrogens (tertiary/aromatic N) is 4. The summed E-state index contributed by atoms with van der Waals surface area (Å²) in [6.07, 6.45) is 2.99. The Kier molecular flexibility index (Phi) is 6.36. The Labute approximate surface area is 185 Å². The fraction of sp³-hybridized carbons (Fsp3) is 0.217. The van der Waals surface area contributed by atoms with E-state index in [0.29, 0.717) is 29.1 Å². The van der Waals surface area contributed by atoms with E-state index in [0.717, 1.165) is 16.6 Å². The highest BCUT2D eigenvalue weighted by Gasteiger charge is 2.11. The van der Waals surface area contributed by atoms with Crippen LogP contribution < -0.4 is 10.1 Å². The molecule has 4 rings (SSSR count). The lowest BCUT2D eigenvalue weighted by Crippen LogP contribution is -2.30. The molecule has 2 aromatic carbocycles. The summed E-state index contributed by atoms with van der Waals surface area (Å²) in [6, 6.07) is 17.5. The standard InChI is InChI=1S/C23H24ClN5O2/c1-28(2)14-18(30)15-31-19-9-7-17(8-10-19)26-23-25-13-20(24)22(27-23)29-12-11-16-5-3-4-6-21(16)29/h3-13,18,30H,14-15H2,1-2H3,(H,25,26,27). The molecule has 0 amide bonds. The number of benzene rings is 2. The van der Waals surface area contributed by atoms with Crippen LogP contribution in [0.1, 0.15) is 0 Å². The van der Waals surface area contributed by atoms with Crippen LogP contribution in [-0.4, -0.2) is 57.9 Å². The van der Waals surface area contributed by atoms with Crippen LogP contribution in [-0.2, 0) is 0 Å². The van der Waals surface area contributed by atoms with E-state index in [9.17, 15) is 5.11 Å². The highest BCUT2D eigenvalue weighted by Crippen LogP contribution is 2.26. The Morgan fingerprint density at radius 3 is 2.68 bits per heavy atom. The number of ether oxygens (including phenoxy) is 1. The smallest absolute Gasteiger partial charge is 0.229 e. The molecule has 1 unspecified atom stereocenters. The molecule has 0 saturated heterocycles. The fourth-order valence-corrected chi connectivity index (χ4v) is 3.47. The number of aliphatic hydroxyl groups excluding tert-OH is 1. The van der Waals surface area contributed by atoms with E-state index in [1.165, 1.54) is 0 Å². The van der Waals surface area contributed by atoms with Gasteiger partial charge in [-0.3, -0.25) is 4.57 Å². The van der Waals surface area contributed by atoms with E-state index < -0.39 is 6.10 Å². The average molecular weight is 438 g/mol. The quantitative estimate of drug-likeness (QED) is 0.432. The molecule has 4 aromatic rings. The normalized spacial score (nSPS) is 12.3. The van der Waals surface area contributed by atoms with Crippen LogP contribution in [0.3, 0.4) is 0 Å². The van der Waals surface area contributed by atoms with Crippen LogP contribution in [0.4, 0.5) is 11.6 Å². The summed E-state index contributed by atoms with van der Waals surface area (Å²) in [5.41, 5.74) is 1.83. The molecular formula is C23H24ClN5O2. The molecule has 2 N–H and O–H groups in total. The summed E-state index contributed by atoms with van der Waals surface area (Å²) in [4.78, 5) is 10.8. The molecule has 0 aliphatic heterocycles. The van der Waals surface area contributed by atoms with Crippen molar-refractivity contribution < 1.29 is 9.84 Å². The van der Waals surface area contributed by atoms with Gasteiger partial charge in [0.05, 0.1) is 11.7 Å². The van der Waals surface area contributed by atoms with Gasteiger partial charge in [0, 0.05) is 18.4 Å². The van der Waals surface area contributed by atoms with Crippen molar-refractivity contribution in [1.29, 1.82) is 0 Å². The lowest BCUT2D eigenvalue weighted by Gasteiger charge is -2.16. The van der Waals surface area contributed by atoms with E-state index in [1.54, 1.807) is 6.20 Å². The first-order valence-electron chi connectivity index (χ1n) is 9.91. The van der Waals surface area contributed by atoms with Crippen LogP contribution in [0.5, 0.6) is 5.75 Å². The van der Waals surface area contributed by atoms with Gasteiger partial charge in [0.1, 0.15) is 23.5 Å². The number of nitrogens with one attached hydrogen (secondary N) is 1. The summed E-state index contributed by atoms with van der Waals surface area (Å²) in [5.74, 6) is 1.72. The number of aliphatic hydroxyl groups is 1. The molecule has 0 aliphatic rings. The van der Waals surface area contributed by atoms with Crippen molar-refractivity contribution in [3.05, 3.63) is 72.0 Å². The minimum Gasteiger partial charge on any atom is -0.491 e. The monoisotopic (exact) mass is 437 g/mol. The molecule has 0 fully saturated rings. The van der Waals surface area contributed by atoms with Crippen molar-refractivity contribution in [2.45, 2.75) is 6.10 Å². The van der Waals surface area contributed by atoms with Crippen LogP contribution >= 0.6 is 11.6 Å². The minimum atomic E-state index is -0.543. The third kappa shape index (κ3) is 5.14. The van der Waals surface area contributed by atoms with Crippen LogP contribution in [0, 0.1) is 0 Å². The summed E-state index contributed by atoms with van der Waals surface area (Å²) < 4.78 is 7.59. The van der Waals surface area contributed by atoms with Crippen LogP contribution in [0.25, 0.3) is 16.7 Å². The number of likely N-dealkylation sites (N-methyl/N-ethyl adjacent to an activating group) is 1. The van der Waals surface area contributed by atoms with Crippen LogP contribution in [0.15, 0.2) is 67.0 Å². The highest BCUT2D eigenvalue weighted by molar-refractivity contribution is 6.32. The van der Waals surface area contributed by atoms with Gasteiger partial charge < -0.3 is 20.1 Å². The Hall–Kier alpha value is -3.13.